The Hall–Kier alpha value is -3.08. The lowest BCUT2D eigenvalue weighted by molar-refractivity contribution is -0.116. The van der Waals surface area contributed by atoms with Crippen LogP contribution in [0.25, 0.3) is 22.3 Å². The van der Waals surface area contributed by atoms with Crippen LogP contribution in [0.15, 0.2) is 46.7 Å². The first-order valence-electron chi connectivity index (χ1n) is 10.8. The number of benzene rings is 2. The number of rotatable bonds is 7. The third-order valence-electron chi connectivity index (χ3n) is 5.71. The van der Waals surface area contributed by atoms with Crippen molar-refractivity contribution in [3.63, 3.8) is 0 Å². The number of amides is 1. The van der Waals surface area contributed by atoms with Crippen molar-refractivity contribution in [2.45, 2.75) is 31.6 Å². The maximum absolute atomic E-state index is 12.6. The molecule has 10 heteroatoms. The van der Waals surface area contributed by atoms with Crippen molar-refractivity contribution in [1.29, 1.82) is 0 Å². The molecule has 8 nitrogen and oxygen atoms in total. The molecule has 2 aromatic heterocycles. The number of imidazole rings is 1. The summed E-state index contributed by atoms with van der Waals surface area (Å²) in [5.74, 6) is 0.559. The second-order valence-electron chi connectivity index (χ2n) is 8.43. The van der Waals surface area contributed by atoms with Crippen LogP contribution in [0, 0.1) is 13.8 Å². The summed E-state index contributed by atoms with van der Waals surface area (Å²) in [6.45, 7) is 4.11. The highest BCUT2D eigenvalue weighted by atomic mass is 32.2. The van der Waals surface area contributed by atoms with E-state index in [1.165, 1.54) is 35.3 Å². The summed E-state index contributed by atoms with van der Waals surface area (Å²) >= 11 is 1.40. The fourth-order valence-corrected chi connectivity index (χ4v) is 5.44. The number of hydrogen-bond donors (Lipinski definition) is 1. The zero-order valence-electron chi connectivity index (χ0n) is 19.8. The number of nitrogens with zero attached hydrogens (tertiary/aromatic N) is 4. The Morgan fingerprint density at radius 1 is 1.12 bits per heavy atom. The van der Waals surface area contributed by atoms with E-state index in [1.54, 1.807) is 18.2 Å². The molecular formula is C24H27N5O3S2. The molecule has 34 heavy (non-hydrogen) atoms. The van der Waals surface area contributed by atoms with Crippen LogP contribution in [0.3, 0.4) is 0 Å². The summed E-state index contributed by atoms with van der Waals surface area (Å²) in [4.78, 5) is 21.9. The predicted octanol–water partition coefficient (Wildman–Crippen LogP) is 4.14. The monoisotopic (exact) mass is 497 g/mol. The maximum atomic E-state index is 12.6. The fourth-order valence-electron chi connectivity index (χ4n) is 3.79. The topological polar surface area (TPSA) is 97.2 Å². The van der Waals surface area contributed by atoms with Crippen molar-refractivity contribution in [2.75, 3.05) is 19.4 Å². The number of carbonyl (C=O) groups excluding carboxylic acids is 1. The van der Waals surface area contributed by atoms with Crippen molar-refractivity contribution in [3.05, 3.63) is 58.7 Å². The standard InChI is InChI=1S/C24H27N5O3S2/c1-15-6-8-18(16(2)12-15)20-14-33-24(26-20)27-23(30)11-10-22-25-19-13-17(34(31,32)28(3)4)7-9-21(19)29(22)5/h6-9,12-14H,10-11H2,1-5H3,(H,26,27,30). The smallest absolute Gasteiger partial charge is 0.242 e. The summed E-state index contributed by atoms with van der Waals surface area (Å²) in [6, 6.07) is 11.1. The van der Waals surface area contributed by atoms with Gasteiger partial charge < -0.3 is 9.88 Å². The number of nitrogens with one attached hydrogen (secondary N) is 1. The molecular weight excluding hydrogens is 470 g/mol. The van der Waals surface area contributed by atoms with Crippen LogP contribution in [0.2, 0.25) is 0 Å². The van der Waals surface area contributed by atoms with Gasteiger partial charge in [-0.15, -0.1) is 11.3 Å². The Kier molecular flexibility index (Phi) is 6.57. The quantitative estimate of drug-likeness (QED) is 0.414. The molecule has 1 N–H and O–H groups in total. The van der Waals surface area contributed by atoms with E-state index < -0.39 is 10.0 Å². The van der Waals surface area contributed by atoms with Crippen molar-refractivity contribution in [1.82, 2.24) is 18.8 Å². The summed E-state index contributed by atoms with van der Waals surface area (Å²) < 4.78 is 27.9. The van der Waals surface area contributed by atoms with Gasteiger partial charge in [0, 0.05) is 44.9 Å². The van der Waals surface area contributed by atoms with Gasteiger partial charge in [0.1, 0.15) is 5.82 Å². The number of aryl methyl sites for hydroxylation is 4. The van der Waals surface area contributed by atoms with Crippen LogP contribution >= 0.6 is 11.3 Å². The first-order valence-corrected chi connectivity index (χ1v) is 13.1. The zero-order valence-corrected chi connectivity index (χ0v) is 21.4. The lowest BCUT2D eigenvalue weighted by atomic mass is 10.0. The van der Waals surface area contributed by atoms with Crippen LogP contribution in [0.1, 0.15) is 23.4 Å². The third-order valence-corrected chi connectivity index (χ3v) is 8.28. The van der Waals surface area contributed by atoms with E-state index in [-0.39, 0.29) is 17.2 Å². The molecule has 178 valence electrons. The Morgan fingerprint density at radius 2 is 1.88 bits per heavy atom. The number of thiazole rings is 1. The highest BCUT2D eigenvalue weighted by Gasteiger charge is 2.19. The average molecular weight is 498 g/mol. The molecule has 4 aromatic rings. The van der Waals surface area contributed by atoms with Gasteiger partial charge in [0.15, 0.2) is 5.13 Å². The third kappa shape index (κ3) is 4.75. The van der Waals surface area contributed by atoms with E-state index in [2.05, 4.69) is 41.3 Å². The first-order chi connectivity index (χ1) is 16.1. The molecule has 0 saturated heterocycles. The Balaban J connectivity index is 1.44. The van der Waals surface area contributed by atoms with E-state index in [0.717, 1.165) is 22.3 Å². The molecule has 0 atom stereocenters. The van der Waals surface area contributed by atoms with E-state index >= 15 is 0 Å². The van der Waals surface area contributed by atoms with Gasteiger partial charge in [0.05, 0.1) is 21.6 Å². The molecule has 0 bridgehead atoms. The highest BCUT2D eigenvalue weighted by Crippen LogP contribution is 2.28. The molecule has 4 rings (SSSR count). The second kappa shape index (κ2) is 9.28. The summed E-state index contributed by atoms with van der Waals surface area (Å²) in [5.41, 5.74) is 5.63. The summed E-state index contributed by atoms with van der Waals surface area (Å²) in [6.07, 6.45) is 0.653. The minimum Gasteiger partial charge on any atom is -0.331 e. The Labute approximate surface area is 203 Å². The van der Waals surface area contributed by atoms with Gasteiger partial charge in [0.25, 0.3) is 0 Å². The molecule has 1 amide bonds. The average Bonchev–Trinajstić information content (AvgIpc) is 3.36. The first kappa shape index (κ1) is 24.1. The SMILES string of the molecule is Cc1ccc(-c2csc(NC(=O)CCc3nc4cc(S(=O)(=O)N(C)C)ccc4n3C)n2)c(C)c1. The van der Waals surface area contributed by atoms with Gasteiger partial charge in [-0.2, -0.15) is 0 Å². The Morgan fingerprint density at radius 3 is 2.59 bits per heavy atom. The molecule has 0 unspecified atom stereocenters. The van der Waals surface area contributed by atoms with E-state index in [9.17, 15) is 13.2 Å². The molecule has 0 aliphatic heterocycles. The fraction of sp³-hybridized carbons (Fsp3) is 0.292. The van der Waals surface area contributed by atoms with Gasteiger partial charge >= 0.3 is 0 Å². The lowest BCUT2D eigenvalue weighted by Gasteiger charge is -2.10. The molecule has 0 aliphatic rings. The number of carbonyl (C=O) groups is 1. The zero-order chi connectivity index (χ0) is 24.6. The van der Waals surface area contributed by atoms with Crippen LogP contribution in [-0.2, 0) is 28.3 Å². The summed E-state index contributed by atoms with van der Waals surface area (Å²) in [7, 11) is 1.31. The molecule has 2 aromatic carbocycles. The second-order valence-corrected chi connectivity index (χ2v) is 11.4. The van der Waals surface area contributed by atoms with E-state index in [0.29, 0.717) is 22.9 Å². The van der Waals surface area contributed by atoms with Crippen LogP contribution < -0.4 is 5.32 Å². The molecule has 0 spiro atoms. The van der Waals surface area contributed by atoms with Gasteiger partial charge in [-0.25, -0.2) is 22.7 Å². The summed E-state index contributed by atoms with van der Waals surface area (Å²) in [5, 5.41) is 5.38. The minimum absolute atomic E-state index is 0.149. The van der Waals surface area contributed by atoms with E-state index in [1.807, 2.05) is 23.1 Å². The maximum Gasteiger partial charge on any atom is 0.242 e. The van der Waals surface area contributed by atoms with Gasteiger partial charge in [-0.05, 0) is 37.6 Å². The van der Waals surface area contributed by atoms with E-state index in [4.69, 9.17) is 0 Å². The van der Waals surface area contributed by atoms with Crippen LogP contribution in [0.5, 0.6) is 0 Å². The predicted molar refractivity (Wildman–Crippen MR) is 136 cm³/mol. The highest BCUT2D eigenvalue weighted by molar-refractivity contribution is 7.89. The van der Waals surface area contributed by atoms with Gasteiger partial charge in [-0.1, -0.05) is 23.8 Å². The van der Waals surface area contributed by atoms with Crippen molar-refractivity contribution in [2.24, 2.45) is 7.05 Å². The number of sulfonamides is 1. The number of hydrogen-bond acceptors (Lipinski definition) is 6. The van der Waals surface area contributed by atoms with Crippen LogP contribution in [-0.4, -0.2) is 47.3 Å². The molecule has 0 fully saturated rings. The minimum atomic E-state index is -3.54. The normalized spacial score (nSPS) is 11.9. The molecule has 2 heterocycles. The number of fused-ring (bicyclic) bond motifs is 1. The molecule has 0 aliphatic carbocycles. The number of aromatic nitrogens is 3. The van der Waals surface area contributed by atoms with Crippen molar-refractivity contribution >= 4 is 43.4 Å². The lowest BCUT2D eigenvalue weighted by Crippen LogP contribution is -2.22. The molecule has 0 radical (unpaired) electrons. The Bertz CT molecular complexity index is 1490. The van der Waals surface area contributed by atoms with Gasteiger partial charge in [0.2, 0.25) is 15.9 Å². The van der Waals surface area contributed by atoms with Crippen LogP contribution in [0.4, 0.5) is 5.13 Å². The molecule has 0 saturated carbocycles. The van der Waals surface area contributed by atoms with Gasteiger partial charge in [-0.3, -0.25) is 4.79 Å². The largest absolute Gasteiger partial charge is 0.331 e. The van der Waals surface area contributed by atoms with Crippen molar-refractivity contribution in [3.8, 4) is 11.3 Å². The number of anilines is 1. The van der Waals surface area contributed by atoms with Crippen molar-refractivity contribution < 1.29 is 13.2 Å².